The molecule has 1 N–H and O–H groups in total. The van der Waals surface area contributed by atoms with Crippen LogP contribution in [-0.4, -0.2) is 6.79 Å². The van der Waals surface area contributed by atoms with Crippen LogP contribution in [0.25, 0.3) is 0 Å². The van der Waals surface area contributed by atoms with Crippen LogP contribution in [0.1, 0.15) is 18.0 Å². The molecule has 2 aromatic rings. The summed E-state index contributed by atoms with van der Waals surface area (Å²) in [6.45, 7) is 4.06. The molecule has 1 atom stereocenters. The van der Waals surface area contributed by atoms with Crippen molar-refractivity contribution in [3.63, 3.8) is 0 Å². The summed E-state index contributed by atoms with van der Waals surface area (Å²) >= 11 is 0. The zero-order valence-corrected chi connectivity index (χ0v) is 11.5. The second-order valence-electron chi connectivity index (χ2n) is 4.84. The summed E-state index contributed by atoms with van der Waals surface area (Å²) in [5, 5.41) is 3.38. The Bertz CT molecular complexity index is 640. The fraction of sp³-hybridized carbons (Fsp3) is 0.176. The highest BCUT2D eigenvalue weighted by atomic mass is 19.1. The molecule has 3 nitrogen and oxygen atoms in total. The van der Waals surface area contributed by atoms with Crippen LogP contribution >= 0.6 is 0 Å². The first-order valence-corrected chi connectivity index (χ1v) is 6.79. The van der Waals surface area contributed by atoms with Crippen molar-refractivity contribution in [2.24, 2.45) is 0 Å². The molecular formula is C17H16FNO2. The van der Waals surface area contributed by atoms with E-state index < -0.39 is 0 Å². The Morgan fingerprint density at radius 2 is 1.90 bits per heavy atom. The molecule has 0 fully saturated rings. The first-order valence-electron chi connectivity index (χ1n) is 6.79. The second-order valence-corrected chi connectivity index (χ2v) is 4.84. The van der Waals surface area contributed by atoms with Crippen molar-refractivity contribution in [1.29, 1.82) is 0 Å². The number of nitrogens with one attached hydrogen (secondary N) is 1. The molecule has 108 valence electrons. The zero-order chi connectivity index (χ0) is 14.7. The van der Waals surface area contributed by atoms with E-state index in [0.717, 1.165) is 29.2 Å². The predicted molar refractivity (Wildman–Crippen MR) is 80.1 cm³/mol. The minimum absolute atomic E-state index is 0.0439. The lowest BCUT2D eigenvalue weighted by Gasteiger charge is -2.19. The van der Waals surface area contributed by atoms with Crippen molar-refractivity contribution >= 4 is 5.69 Å². The van der Waals surface area contributed by atoms with Crippen LogP contribution in [0, 0.1) is 5.82 Å². The molecule has 0 radical (unpaired) electrons. The third-order valence-corrected chi connectivity index (χ3v) is 3.39. The number of fused-ring (bicyclic) bond motifs is 1. The van der Waals surface area contributed by atoms with Crippen molar-refractivity contribution in [3.8, 4) is 11.5 Å². The topological polar surface area (TPSA) is 30.5 Å². The molecule has 1 aliphatic rings. The minimum Gasteiger partial charge on any atom is -0.454 e. The molecule has 4 heteroatoms. The van der Waals surface area contributed by atoms with Gasteiger partial charge in [0.15, 0.2) is 11.5 Å². The Kier molecular flexibility index (Phi) is 3.77. The quantitative estimate of drug-likeness (QED) is 0.832. The van der Waals surface area contributed by atoms with Gasteiger partial charge in [-0.25, -0.2) is 4.39 Å². The van der Waals surface area contributed by atoms with Crippen LogP contribution in [-0.2, 0) is 0 Å². The fourth-order valence-corrected chi connectivity index (χ4v) is 2.32. The lowest BCUT2D eigenvalue weighted by atomic mass is 10.0. The molecule has 1 heterocycles. The Labute approximate surface area is 123 Å². The molecule has 0 saturated carbocycles. The van der Waals surface area contributed by atoms with Gasteiger partial charge in [0.2, 0.25) is 6.79 Å². The van der Waals surface area contributed by atoms with Crippen LogP contribution in [0.5, 0.6) is 11.5 Å². The summed E-state index contributed by atoms with van der Waals surface area (Å²) in [5.74, 6) is 1.27. The van der Waals surface area contributed by atoms with Crippen LogP contribution in [0.15, 0.2) is 55.1 Å². The predicted octanol–water partition coefficient (Wildman–Crippen LogP) is 4.28. The molecule has 3 rings (SSSR count). The van der Waals surface area contributed by atoms with E-state index in [4.69, 9.17) is 9.47 Å². The van der Waals surface area contributed by atoms with Crippen LogP contribution in [0.4, 0.5) is 10.1 Å². The standard InChI is InChI=1S/C17H16FNO2/c1-2-3-15(19-14-7-5-13(18)6-8-14)12-4-9-16-17(10-12)21-11-20-16/h2,4-10,15,19H,1,3,11H2. The third kappa shape index (κ3) is 2.99. The number of halogens is 1. The minimum atomic E-state index is -0.246. The molecule has 0 bridgehead atoms. The van der Waals surface area contributed by atoms with Gasteiger partial charge in [-0.2, -0.15) is 0 Å². The van der Waals surface area contributed by atoms with E-state index in [1.54, 1.807) is 12.1 Å². The van der Waals surface area contributed by atoms with E-state index >= 15 is 0 Å². The highest BCUT2D eigenvalue weighted by Gasteiger charge is 2.17. The second kappa shape index (κ2) is 5.87. The van der Waals surface area contributed by atoms with E-state index in [0.29, 0.717) is 0 Å². The summed E-state index contributed by atoms with van der Waals surface area (Å²) in [7, 11) is 0. The van der Waals surface area contributed by atoms with E-state index in [1.165, 1.54) is 12.1 Å². The Morgan fingerprint density at radius 3 is 2.67 bits per heavy atom. The summed E-state index contributed by atoms with van der Waals surface area (Å²) in [4.78, 5) is 0. The van der Waals surface area contributed by atoms with Crippen molar-refractivity contribution in [2.45, 2.75) is 12.5 Å². The Morgan fingerprint density at radius 1 is 1.14 bits per heavy atom. The SMILES string of the molecule is C=CCC(Nc1ccc(F)cc1)c1ccc2c(c1)OCO2. The summed E-state index contributed by atoms with van der Waals surface area (Å²) < 4.78 is 23.7. The molecule has 2 aromatic carbocycles. The summed E-state index contributed by atoms with van der Waals surface area (Å²) in [5.41, 5.74) is 1.93. The molecule has 1 aliphatic heterocycles. The molecule has 1 unspecified atom stereocenters. The van der Waals surface area contributed by atoms with Crippen molar-refractivity contribution in [3.05, 3.63) is 66.5 Å². The number of ether oxygens (including phenoxy) is 2. The van der Waals surface area contributed by atoms with Crippen LogP contribution in [0.2, 0.25) is 0 Å². The number of hydrogen-bond acceptors (Lipinski definition) is 3. The molecular weight excluding hydrogens is 269 g/mol. The Hall–Kier alpha value is -2.49. The van der Waals surface area contributed by atoms with Gasteiger partial charge in [-0.05, 0) is 48.4 Å². The van der Waals surface area contributed by atoms with Gasteiger partial charge in [-0.1, -0.05) is 12.1 Å². The average molecular weight is 285 g/mol. The van der Waals surface area contributed by atoms with E-state index in [2.05, 4.69) is 11.9 Å². The van der Waals surface area contributed by atoms with Gasteiger partial charge in [0.25, 0.3) is 0 Å². The maximum atomic E-state index is 13.0. The van der Waals surface area contributed by atoms with Crippen LogP contribution in [0.3, 0.4) is 0 Å². The number of hydrogen-bond donors (Lipinski definition) is 1. The van der Waals surface area contributed by atoms with Gasteiger partial charge in [0.05, 0.1) is 6.04 Å². The van der Waals surface area contributed by atoms with E-state index in [1.807, 2.05) is 24.3 Å². The monoisotopic (exact) mass is 285 g/mol. The average Bonchev–Trinajstić information content (AvgIpc) is 2.96. The molecule has 21 heavy (non-hydrogen) atoms. The molecule has 0 saturated heterocycles. The molecule has 0 aliphatic carbocycles. The van der Waals surface area contributed by atoms with E-state index in [9.17, 15) is 4.39 Å². The number of rotatable bonds is 5. The Balaban J connectivity index is 1.83. The fourth-order valence-electron chi connectivity index (χ4n) is 2.32. The number of benzene rings is 2. The first-order chi connectivity index (χ1) is 10.3. The van der Waals surface area contributed by atoms with Gasteiger partial charge in [-0.3, -0.25) is 0 Å². The third-order valence-electron chi connectivity index (χ3n) is 3.39. The molecule has 0 amide bonds. The first kappa shape index (κ1) is 13.5. The summed E-state index contributed by atoms with van der Waals surface area (Å²) in [6, 6.07) is 12.2. The maximum absolute atomic E-state index is 13.0. The van der Waals surface area contributed by atoms with Gasteiger partial charge >= 0.3 is 0 Å². The maximum Gasteiger partial charge on any atom is 0.231 e. The lowest BCUT2D eigenvalue weighted by molar-refractivity contribution is 0.174. The zero-order valence-electron chi connectivity index (χ0n) is 11.5. The van der Waals surface area contributed by atoms with Crippen molar-refractivity contribution < 1.29 is 13.9 Å². The van der Waals surface area contributed by atoms with Gasteiger partial charge in [0.1, 0.15) is 5.82 Å². The highest BCUT2D eigenvalue weighted by molar-refractivity contribution is 5.49. The van der Waals surface area contributed by atoms with Gasteiger partial charge in [-0.15, -0.1) is 6.58 Å². The largest absolute Gasteiger partial charge is 0.454 e. The van der Waals surface area contributed by atoms with Crippen molar-refractivity contribution in [1.82, 2.24) is 0 Å². The smallest absolute Gasteiger partial charge is 0.231 e. The van der Waals surface area contributed by atoms with Crippen LogP contribution < -0.4 is 14.8 Å². The highest BCUT2D eigenvalue weighted by Crippen LogP contribution is 2.35. The normalized spacial score (nSPS) is 13.8. The molecule has 0 spiro atoms. The van der Waals surface area contributed by atoms with Gasteiger partial charge in [0, 0.05) is 5.69 Å². The number of anilines is 1. The van der Waals surface area contributed by atoms with Gasteiger partial charge < -0.3 is 14.8 Å². The molecule has 0 aromatic heterocycles. The van der Waals surface area contributed by atoms with E-state index in [-0.39, 0.29) is 18.7 Å². The lowest BCUT2D eigenvalue weighted by Crippen LogP contribution is -2.10. The van der Waals surface area contributed by atoms with Crippen molar-refractivity contribution in [2.75, 3.05) is 12.1 Å². The summed E-state index contributed by atoms with van der Waals surface area (Å²) in [6.07, 6.45) is 2.60.